The Kier molecular flexibility index (Phi) is 4.48. The van der Waals surface area contributed by atoms with Crippen molar-refractivity contribution in [2.24, 2.45) is 0 Å². The highest BCUT2D eigenvalue weighted by Gasteiger charge is 2.07. The maximum Gasteiger partial charge on any atom is 0.224 e. The first-order valence-electron chi connectivity index (χ1n) is 8.52. The predicted molar refractivity (Wildman–Crippen MR) is 101 cm³/mol. The van der Waals surface area contributed by atoms with E-state index in [0.29, 0.717) is 13.0 Å². The van der Waals surface area contributed by atoms with Gasteiger partial charge >= 0.3 is 0 Å². The Hall–Kier alpha value is -3.40. The first-order valence-corrected chi connectivity index (χ1v) is 8.52. The fourth-order valence-corrected chi connectivity index (χ4v) is 2.98. The van der Waals surface area contributed by atoms with E-state index in [1.807, 2.05) is 48.5 Å². The summed E-state index contributed by atoms with van der Waals surface area (Å²) in [6.45, 7) is 0.453. The number of furan rings is 1. The molecule has 1 N–H and O–H groups in total. The molecule has 2 aromatic heterocycles. The van der Waals surface area contributed by atoms with Crippen molar-refractivity contribution < 1.29 is 9.21 Å². The molecular weight excluding hydrogens is 324 g/mol. The Morgan fingerprint density at radius 1 is 0.962 bits per heavy atom. The van der Waals surface area contributed by atoms with E-state index in [4.69, 9.17) is 4.42 Å². The molecule has 0 radical (unpaired) electrons. The highest BCUT2D eigenvalue weighted by Crippen LogP contribution is 2.19. The smallest absolute Gasteiger partial charge is 0.224 e. The summed E-state index contributed by atoms with van der Waals surface area (Å²) in [6.07, 6.45) is 3.74. The summed E-state index contributed by atoms with van der Waals surface area (Å²) in [4.78, 5) is 16.7. The van der Waals surface area contributed by atoms with E-state index in [2.05, 4.69) is 28.5 Å². The second-order valence-electron chi connectivity index (χ2n) is 6.12. The van der Waals surface area contributed by atoms with Gasteiger partial charge < -0.3 is 9.73 Å². The normalized spacial score (nSPS) is 10.8. The van der Waals surface area contributed by atoms with Crippen molar-refractivity contribution in [1.82, 2.24) is 10.3 Å². The van der Waals surface area contributed by atoms with Gasteiger partial charge in [-0.05, 0) is 40.1 Å². The maximum atomic E-state index is 12.3. The average molecular weight is 342 g/mol. The number of fused-ring (bicyclic) bond motifs is 1. The third-order valence-electron chi connectivity index (χ3n) is 4.32. The van der Waals surface area contributed by atoms with E-state index in [-0.39, 0.29) is 5.91 Å². The molecule has 4 aromatic rings. The number of carbonyl (C=O) groups excluding carboxylic acids is 1. The molecule has 0 fully saturated rings. The van der Waals surface area contributed by atoms with Crippen LogP contribution in [-0.2, 0) is 17.8 Å². The van der Waals surface area contributed by atoms with E-state index in [0.717, 1.165) is 33.4 Å². The number of amides is 1. The van der Waals surface area contributed by atoms with Crippen LogP contribution in [0.2, 0.25) is 0 Å². The number of hydrogen-bond donors (Lipinski definition) is 1. The first kappa shape index (κ1) is 16.1. The molecule has 4 nitrogen and oxygen atoms in total. The molecular formula is C22H18N2O2. The van der Waals surface area contributed by atoms with Gasteiger partial charge in [-0.2, -0.15) is 0 Å². The van der Waals surface area contributed by atoms with E-state index in [1.165, 1.54) is 0 Å². The van der Waals surface area contributed by atoms with E-state index in [9.17, 15) is 4.79 Å². The third-order valence-corrected chi connectivity index (χ3v) is 4.32. The molecule has 128 valence electrons. The number of hydrogen-bond acceptors (Lipinski definition) is 3. The summed E-state index contributed by atoms with van der Waals surface area (Å²) >= 11 is 0. The summed E-state index contributed by atoms with van der Waals surface area (Å²) in [6, 6.07) is 21.7. The molecule has 0 atom stereocenters. The Morgan fingerprint density at radius 2 is 1.85 bits per heavy atom. The van der Waals surface area contributed by atoms with Gasteiger partial charge in [0, 0.05) is 12.7 Å². The van der Waals surface area contributed by atoms with Crippen molar-refractivity contribution in [3.05, 3.63) is 90.3 Å². The fourth-order valence-electron chi connectivity index (χ4n) is 2.98. The molecule has 0 saturated carbocycles. The highest BCUT2D eigenvalue weighted by atomic mass is 16.3. The molecule has 0 aliphatic heterocycles. The molecule has 26 heavy (non-hydrogen) atoms. The van der Waals surface area contributed by atoms with Crippen LogP contribution in [0.25, 0.3) is 22.2 Å². The Balaban J connectivity index is 1.39. The summed E-state index contributed by atoms with van der Waals surface area (Å²) in [5.41, 5.74) is 2.76. The number of benzene rings is 2. The van der Waals surface area contributed by atoms with Gasteiger partial charge in [-0.25, -0.2) is 0 Å². The number of rotatable bonds is 5. The molecule has 2 aromatic carbocycles. The van der Waals surface area contributed by atoms with Gasteiger partial charge in [0.25, 0.3) is 0 Å². The quantitative estimate of drug-likeness (QED) is 0.586. The van der Waals surface area contributed by atoms with Gasteiger partial charge in [0.1, 0.15) is 5.69 Å². The van der Waals surface area contributed by atoms with Crippen LogP contribution in [0, 0.1) is 0 Å². The SMILES string of the molecule is O=C(Cc1cccc2ccccc12)NCc1ccc(-c2ccco2)nc1. The lowest BCUT2D eigenvalue weighted by molar-refractivity contribution is -0.120. The molecule has 0 unspecified atom stereocenters. The molecule has 0 spiro atoms. The van der Waals surface area contributed by atoms with Crippen LogP contribution in [0.15, 0.2) is 83.6 Å². The monoisotopic (exact) mass is 342 g/mol. The van der Waals surface area contributed by atoms with Crippen molar-refractivity contribution in [1.29, 1.82) is 0 Å². The van der Waals surface area contributed by atoms with Crippen molar-refractivity contribution in [2.45, 2.75) is 13.0 Å². The van der Waals surface area contributed by atoms with Gasteiger partial charge in [0.15, 0.2) is 5.76 Å². The van der Waals surface area contributed by atoms with Crippen LogP contribution in [-0.4, -0.2) is 10.9 Å². The largest absolute Gasteiger partial charge is 0.463 e. The fraction of sp³-hybridized carbons (Fsp3) is 0.0909. The standard InChI is InChI=1S/C22H18N2O2/c25-22(13-18-7-3-6-17-5-1-2-8-19(17)18)24-15-16-10-11-20(23-14-16)21-9-4-12-26-21/h1-12,14H,13,15H2,(H,24,25). The lowest BCUT2D eigenvalue weighted by atomic mass is 10.0. The maximum absolute atomic E-state index is 12.3. The predicted octanol–water partition coefficient (Wildman–Crippen LogP) is 4.35. The van der Waals surface area contributed by atoms with Crippen LogP contribution in [0.4, 0.5) is 0 Å². The van der Waals surface area contributed by atoms with E-state index in [1.54, 1.807) is 12.5 Å². The third kappa shape index (κ3) is 3.49. The second kappa shape index (κ2) is 7.23. The number of carbonyl (C=O) groups is 1. The summed E-state index contributed by atoms with van der Waals surface area (Å²) in [7, 11) is 0. The van der Waals surface area contributed by atoms with Crippen LogP contribution in [0.3, 0.4) is 0 Å². The molecule has 0 aliphatic carbocycles. The van der Waals surface area contributed by atoms with Crippen LogP contribution in [0.5, 0.6) is 0 Å². The zero-order valence-corrected chi connectivity index (χ0v) is 14.2. The topological polar surface area (TPSA) is 55.1 Å². The summed E-state index contributed by atoms with van der Waals surface area (Å²) in [5, 5.41) is 5.23. The van der Waals surface area contributed by atoms with Crippen molar-refractivity contribution >= 4 is 16.7 Å². The van der Waals surface area contributed by atoms with Gasteiger partial charge in [0.2, 0.25) is 5.91 Å². The van der Waals surface area contributed by atoms with Gasteiger partial charge in [-0.15, -0.1) is 0 Å². The Bertz CT molecular complexity index is 1020. The number of nitrogens with zero attached hydrogens (tertiary/aromatic N) is 1. The van der Waals surface area contributed by atoms with Gasteiger partial charge in [-0.3, -0.25) is 9.78 Å². The second-order valence-corrected chi connectivity index (χ2v) is 6.12. The molecule has 1 amide bonds. The van der Waals surface area contributed by atoms with E-state index >= 15 is 0 Å². The molecule has 0 aliphatic rings. The van der Waals surface area contributed by atoms with Crippen LogP contribution < -0.4 is 5.32 Å². The minimum atomic E-state index is -0.00327. The van der Waals surface area contributed by atoms with E-state index < -0.39 is 0 Å². The zero-order valence-electron chi connectivity index (χ0n) is 14.2. The lowest BCUT2D eigenvalue weighted by Gasteiger charge is -2.08. The number of pyridine rings is 1. The molecule has 2 heterocycles. The number of nitrogens with one attached hydrogen (secondary N) is 1. The molecule has 0 saturated heterocycles. The van der Waals surface area contributed by atoms with Crippen molar-refractivity contribution in [3.63, 3.8) is 0 Å². The highest BCUT2D eigenvalue weighted by molar-refractivity contribution is 5.90. The van der Waals surface area contributed by atoms with Crippen molar-refractivity contribution in [3.8, 4) is 11.5 Å². The molecule has 4 heteroatoms. The number of aromatic nitrogens is 1. The summed E-state index contributed by atoms with van der Waals surface area (Å²) in [5.74, 6) is 0.730. The van der Waals surface area contributed by atoms with Gasteiger partial charge in [-0.1, -0.05) is 48.5 Å². The molecule has 4 rings (SSSR count). The average Bonchev–Trinajstić information content (AvgIpc) is 3.22. The minimum absolute atomic E-state index is 0.00327. The zero-order chi connectivity index (χ0) is 17.8. The lowest BCUT2D eigenvalue weighted by Crippen LogP contribution is -2.24. The van der Waals surface area contributed by atoms with Gasteiger partial charge in [0.05, 0.1) is 12.7 Å². The Morgan fingerprint density at radius 3 is 2.65 bits per heavy atom. The molecule has 0 bridgehead atoms. The van der Waals surface area contributed by atoms with Crippen molar-refractivity contribution in [2.75, 3.05) is 0 Å². The van der Waals surface area contributed by atoms with Crippen LogP contribution in [0.1, 0.15) is 11.1 Å². The Labute approximate surface area is 151 Å². The van der Waals surface area contributed by atoms with Crippen LogP contribution >= 0.6 is 0 Å². The minimum Gasteiger partial charge on any atom is -0.463 e. The first-order chi connectivity index (χ1) is 12.8. The summed E-state index contributed by atoms with van der Waals surface area (Å²) < 4.78 is 5.33.